The molecule has 1 amide bonds. The number of benzene rings is 1. The van der Waals surface area contributed by atoms with Crippen molar-refractivity contribution in [3.8, 4) is 6.07 Å². The highest BCUT2D eigenvalue weighted by Crippen LogP contribution is 2.13. The Morgan fingerprint density at radius 3 is 2.80 bits per heavy atom. The summed E-state index contributed by atoms with van der Waals surface area (Å²) in [6.07, 6.45) is 0.722. The Labute approximate surface area is 119 Å². The second-order valence-electron chi connectivity index (χ2n) is 4.90. The zero-order chi connectivity index (χ0) is 15.0. The van der Waals surface area contributed by atoms with Gasteiger partial charge in [0.05, 0.1) is 17.4 Å². The molecule has 0 saturated heterocycles. The fraction of sp³-hybridized carbons (Fsp3) is 0.467. The lowest BCUT2D eigenvalue weighted by atomic mass is 10.2. The third kappa shape index (κ3) is 5.83. The van der Waals surface area contributed by atoms with Crippen molar-refractivity contribution in [2.24, 2.45) is 0 Å². The van der Waals surface area contributed by atoms with Crippen LogP contribution in [0.5, 0.6) is 0 Å². The van der Waals surface area contributed by atoms with Crippen molar-refractivity contribution in [1.82, 2.24) is 4.90 Å². The van der Waals surface area contributed by atoms with Gasteiger partial charge in [-0.3, -0.25) is 4.79 Å². The van der Waals surface area contributed by atoms with Crippen molar-refractivity contribution in [3.63, 3.8) is 0 Å². The van der Waals surface area contributed by atoms with Crippen LogP contribution < -0.4 is 5.32 Å². The molecule has 108 valence electrons. The first-order valence-corrected chi connectivity index (χ1v) is 6.68. The molecule has 1 aromatic rings. The largest absolute Gasteiger partial charge is 0.393 e. The van der Waals surface area contributed by atoms with Crippen LogP contribution in [-0.4, -0.2) is 42.2 Å². The van der Waals surface area contributed by atoms with Gasteiger partial charge in [0, 0.05) is 19.5 Å². The molecule has 0 fully saturated rings. The van der Waals surface area contributed by atoms with Gasteiger partial charge in [-0.25, -0.2) is 0 Å². The molecule has 20 heavy (non-hydrogen) atoms. The maximum atomic E-state index is 11.8. The molecule has 0 aromatic heterocycles. The summed E-state index contributed by atoms with van der Waals surface area (Å²) >= 11 is 0. The normalized spacial score (nSPS) is 11.9. The SMILES string of the molecule is CC(O)CCN(C)CCC(=O)Nc1ccccc1C#N. The van der Waals surface area contributed by atoms with E-state index in [2.05, 4.69) is 5.32 Å². The van der Waals surface area contributed by atoms with Crippen LogP contribution in [0, 0.1) is 11.3 Å². The maximum Gasteiger partial charge on any atom is 0.225 e. The number of rotatable bonds is 7. The highest BCUT2D eigenvalue weighted by atomic mass is 16.3. The van der Waals surface area contributed by atoms with E-state index in [9.17, 15) is 9.90 Å². The summed E-state index contributed by atoms with van der Waals surface area (Å²) in [5, 5.41) is 20.9. The number of amides is 1. The van der Waals surface area contributed by atoms with E-state index in [4.69, 9.17) is 5.26 Å². The summed E-state index contributed by atoms with van der Waals surface area (Å²) < 4.78 is 0. The lowest BCUT2D eigenvalue weighted by Gasteiger charge is -2.17. The van der Waals surface area contributed by atoms with E-state index in [-0.39, 0.29) is 12.0 Å². The molecule has 0 bridgehead atoms. The molecule has 0 aliphatic carbocycles. The maximum absolute atomic E-state index is 11.8. The third-order valence-electron chi connectivity index (χ3n) is 2.97. The number of anilines is 1. The second-order valence-corrected chi connectivity index (χ2v) is 4.90. The molecule has 1 unspecified atom stereocenters. The van der Waals surface area contributed by atoms with Gasteiger partial charge in [0.15, 0.2) is 0 Å². The molecule has 0 radical (unpaired) electrons. The number of nitrogens with one attached hydrogen (secondary N) is 1. The predicted molar refractivity (Wildman–Crippen MR) is 78.2 cm³/mol. The number of carbonyl (C=O) groups excluding carboxylic acids is 1. The van der Waals surface area contributed by atoms with Crippen molar-refractivity contribution >= 4 is 11.6 Å². The van der Waals surface area contributed by atoms with E-state index in [0.29, 0.717) is 30.6 Å². The number of hydrogen-bond donors (Lipinski definition) is 2. The summed E-state index contributed by atoms with van der Waals surface area (Å²) in [6, 6.07) is 8.98. The lowest BCUT2D eigenvalue weighted by Crippen LogP contribution is -2.27. The van der Waals surface area contributed by atoms with Gasteiger partial charge in [-0.15, -0.1) is 0 Å². The highest BCUT2D eigenvalue weighted by molar-refractivity contribution is 5.92. The van der Waals surface area contributed by atoms with Crippen LogP contribution >= 0.6 is 0 Å². The summed E-state index contributed by atoms with van der Waals surface area (Å²) in [4.78, 5) is 13.8. The molecule has 0 aliphatic heterocycles. The molecule has 0 heterocycles. The van der Waals surface area contributed by atoms with Gasteiger partial charge in [0.2, 0.25) is 5.91 Å². The summed E-state index contributed by atoms with van der Waals surface area (Å²) in [5.41, 5.74) is 1.01. The lowest BCUT2D eigenvalue weighted by molar-refractivity contribution is -0.116. The Kier molecular flexibility index (Phi) is 6.71. The molecular formula is C15H21N3O2. The molecule has 0 spiro atoms. The standard InChI is InChI=1S/C15H21N3O2/c1-12(19)7-9-18(2)10-8-15(20)17-14-6-4-3-5-13(14)11-16/h3-6,12,19H,7-10H2,1-2H3,(H,17,20). The first-order chi connectivity index (χ1) is 9.52. The van der Waals surface area contributed by atoms with Crippen LogP contribution in [0.25, 0.3) is 0 Å². The van der Waals surface area contributed by atoms with E-state index in [1.807, 2.05) is 18.0 Å². The van der Waals surface area contributed by atoms with Crippen molar-refractivity contribution in [2.75, 3.05) is 25.5 Å². The van der Waals surface area contributed by atoms with E-state index in [1.165, 1.54) is 0 Å². The van der Waals surface area contributed by atoms with Gasteiger partial charge < -0.3 is 15.3 Å². The van der Waals surface area contributed by atoms with Crippen LogP contribution in [0.1, 0.15) is 25.3 Å². The van der Waals surface area contributed by atoms with Gasteiger partial charge in [0.25, 0.3) is 0 Å². The van der Waals surface area contributed by atoms with E-state index in [1.54, 1.807) is 31.2 Å². The van der Waals surface area contributed by atoms with E-state index < -0.39 is 0 Å². The second kappa shape index (κ2) is 8.31. The van der Waals surface area contributed by atoms with E-state index in [0.717, 1.165) is 6.54 Å². The number of nitrogens with zero attached hydrogens (tertiary/aromatic N) is 2. The number of nitriles is 1. The van der Waals surface area contributed by atoms with Crippen molar-refractivity contribution in [2.45, 2.75) is 25.9 Å². The molecule has 2 N–H and O–H groups in total. The molecule has 5 heteroatoms. The Bertz CT molecular complexity index is 480. The average Bonchev–Trinajstić information content (AvgIpc) is 2.43. The van der Waals surface area contributed by atoms with Crippen molar-refractivity contribution in [1.29, 1.82) is 5.26 Å². The Balaban J connectivity index is 2.39. The zero-order valence-corrected chi connectivity index (χ0v) is 12.0. The summed E-state index contributed by atoms with van der Waals surface area (Å²) in [7, 11) is 1.92. The molecular weight excluding hydrogens is 254 g/mol. The van der Waals surface area contributed by atoms with E-state index >= 15 is 0 Å². The Morgan fingerprint density at radius 2 is 2.15 bits per heavy atom. The molecule has 1 atom stereocenters. The minimum Gasteiger partial charge on any atom is -0.393 e. The minimum absolute atomic E-state index is 0.114. The third-order valence-corrected chi connectivity index (χ3v) is 2.97. The molecule has 0 aliphatic rings. The molecule has 1 aromatic carbocycles. The van der Waals surface area contributed by atoms with Crippen LogP contribution in [0.15, 0.2) is 24.3 Å². The van der Waals surface area contributed by atoms with Gasteiger partial charge in [-0.05, 0) is 32.5 Å². The zero-order valence-electron chi connectivity index (χ0n) is 12.0. The van der Waals surface area contributed by atoms with Crippen molar-refractivity contribution in [3.05, 3.63) is 29.8 Å². The van der Waals surface area contributed by atoms with Gasteiger partial charge >= 0.3 is 0 Å². The first kappa shape index (κ1) is 16.2. The molecule has 0 saturated carbocycles. The topological polar surface area (TPSA) is 76.4 Å². The smallest absolute Gasteiger partial charge is 0.225 e. The Morgan fingerprint density at radius 1 is 1.45 bits per heavy atom. The molecule has 5 nitrogen and oxygen atoms in total. The number of aliphatic hydroxyl groups excluding tert-OH is 1. The highest BCUT2D eigenvalue weighted by Gasteiger charge is 2.08. The number of hydrogen-bond acceptors (Lipinski definition) is 4. The number of carbonyl (C=O) groups is 1. The quantitative estimate of drug-likeness (QED) is 0.792. The predicted octanol–water partition coefficient (Wildman–Crippen LogP) is 1.59. The van der Waals surface area contributed by atoms with Crippen LogP contribution in [-0.2, 0) is 4.79 Å². The van der Waals surface area contributed by atoms with Gasteiger partial charge in [-0.1, -0.05) is 12.1 Å². The number of aliphatic hydroxyl groups is 1. The minimum atomic E-state index is -0.325. The first-order valence-electron chi connectivity index (χ1n) is 6.68. The summed E-state index contributed by atoms with van der Waals surface area (Å²) in [6.45, 7) is 3.12. The van der Waals surface area contributed by atoms with Gasteiger partial charge in [0.1, 0.15) is 6.07 Å². The fourth-order valence-corrected chi connectivity index (χ4v) is 1.71. The van der Waals surface area contributed by atoms with Crippen molar-refractivity contribution < 1.29 is 9.90 Å². The Hall–Kier alpha value is -1.90. The van der Waals surface area contributed by atoms with Gasteiger partial charge in [-0.2, -0.15) is 5.26 Å². The number of para-hydroxylation sites is 1. The monoisotopic (exact) mass is 275 g/mol. The molecule has 1 rings (SSSR count). The summed E-state index contributed by atoms with van der Waals surface area (Å²) in [5.74, 6) is -0.114. The van der Waals surface area contributed by atoms with Crippen LogP contribution in [0.3, 0.4) is 0 Å². The van der Waals surface area contributed by atoms with Crippen LogP contribution in [0.4, 0.5) is 5.69 Å². The van der Waals surface area contributed by atoms with Crippen LogP contribution in [0.2, 0.25) is 0 Å². The fourth-order valence-electron chi connectivity index (χ4n) is 1.71. The average molecular weight is 275 g/mol.